The maximum Gasteiger partial charge on any atom is 0.255 e. The summed E-state index contributed by atoms with van der Waals surface area (Å²) in [5, 5.41) is 13.1. The summed E-state index contributed by atoms with van der Waals surface area (Å²) >= 11 is 1.59. The lowest BCUT2D eigenvalue weighted by atomic mass is 10.1. The van der Waals surface area contributed by atoms with E-state index in [1.807, 2.05) is 21.7 Å². The van der Waals surface area contributed by atoms with Gasteiger partial charge in [0.2, 0.25) is 5.91 Å². The van der Waals surface area contributed by atoms with Crippen LogP contribution in [0.25, 0.3) is 0 Å². The molecule has 0 atom stereocenters. The van der Waals surface area contributed by atoms with E-state index in [0.717, 1.165) is 12.0 Å². The normalized spacial score (nSPS) is 14.7. The molecule has 0 radical (unpaired) electrons. The average molecular weight is 353 g/mol. The van der Waals surface area contributed by atoms with Gasteiger partial charge >= 0.3 is 0 Å². The molecule has 2 amide bonds. The summed E-state index contributed by atoms with van der Waals surface area (Å²) in [6.45, 7) is 2.28. The van der Waals surface area contributed by atoms with E-state index in [4.69, 9.17) is 0 Å². The molecule has 25 heavy (non-hydrogen) atoms. The van der Waals surface area contributed by atoms with Crippen molar-refractivity contribution in [2.75, 3.05) is 26.2 Å². The van der Waals surface area contributed by atoms with Gasteiger partial charge in [-0.2, -0.15) is 16.6 Å². The lowest BCUT2D eigenvalue weighted by Gasteiger charge is -2.22. The first-order valence-corrected chi connectivity index (χ1v) is 9.20. The molecule has 1 fully saturated rings. The van der Waals surface area contributed by atoms with E-state index < -0.39 is 0 Å². The molecule has 0 unspecified atom stereocenters. The van der Waals surface area contributed by atoms with E-state index in [2.05, 4.69) is 6.07 Å². The van der Waals surface area contributed by atoms with Gasteiger partial charge in [-0.1, -0.05) is 12.1 Å². The predicted octanol–water partition coefficient (Wildman–Crippen LogP) is 2.54. The Hall–Kier alpha value is -2.65. The molecule has 0 saturated carbocycles. The molecule has 0 spiro atoms. The second kappa shape index (κ2) is 7.95. The fourth-order valence-corrected chi connectivity index (χ4v) is 3.66. The van der Waals surface area contributed by atoms with Crippen LogP contribution in [0, 0.1) is 11.3 Å². The third-order valence-electron chi connectivity index (χ3n) is 4.35. The molecule has 3 rings (SSSR count). The van der Waals surface area contributed by atoms with E-state index in [9.17, 15) is 14.9 Å². The molecule has 6 heteroatoms. The Labute approximate surface area is 151 Å². The first-order chi connectivity index (χ1) is 12.2. The van der Waals surface area contributed by atoms with Crippen LogP contribution < -0.4 is 0 Å². The Morgan fingerprint density at radius 2 is 1.84 bits per heavy atom. The van der Waals surface area contributed by atoms with E-state index in [0.29, 0.717) is 43.7 Å². The van der Waals surface area contributed by atoms with Gasteiger partial charge in [-0.15, -0.1) is 0 Å². The minimum atomic E-state index is -0.135. The monoisotopic (exact) mass is 353 g/mol. The van der Waals surface area contributed by atoms with Gasteiger partial charge in [0.25, 0.3) is 5.91 Å². The smallest absolute Gasteiger partial charge is 0.255 e. The zero-order valence-corrected chi connectivity index (χ0v) is 14.7. The second-order valence-electron chi connectivity index (χ2n) is 5.99. The first-order valence-electron chi connectivity index (χ1n) is 8.26. The molecular weight excluding hydrogens is 334 g/mol. The number of nitrogens with zero attached hydrogens (tertiary/aromatic N) is 3. The number of benzene rings is 1. The number of carbonyl (C=O) groups excluding carboxylic acids is 2. The molecule has 0 bridgehead atoms. The highest BCUT2D eigenvalue weighted by Crippen LogP contribution is 2.14. The lowest BCUT2D eigenvalue weighted by Crippen LogP contribution is -2.38. The maximum atomic E-state index is 12.7. The fourth-order valence-electron chi connectivity index (χ4n) is 2.99. The van der Waals surface area contributed by atoms with Crippen LogP contribution in [-0.2, 0) is 11.2 Å². The average Bonchev–Trinajstić information content (AvgIpc) is 3.02. The standard InChI is InChI=1S/C19H19N3O2S/c20-13-16-4-1-2-5-17(16)19(24)22-8-3-7-21(9-10-22)18(23)12-15-6-11-25-14-15/h1-2,4-6,11,14H,3,7-10,12H2. The van der Waals surface area contributed by atoms with Crippen LogP contribution >= 0.6 is 11.3 Å². The number of carbonyl (C=O) groups is 2. The molecule has 128 valence electrons. The van der Waals surface area contributed by atoms with Gasteiger partial charge in [0, 0.05) is 26.2 Å². The van der Waals surface area contributed by atoms with Gasteiger partial charge in [0.15, 0.2) is 0 Å². The van der Waals surface area contributed by atoms with Crippen LogP contribution in [0.3, 0.4) is 0 Å². The van der Waals surface area contributed by atoms with Crippen molar-refractivity contribution in [1.82, 2.24) is 9.80 Å². The highest BCUT2D eigenvalue weighted by molar-refractivity contribution is 7.08. The molecule has 1 aromatic carbocycles. The zero-order valence-electron chi connectivity index (χ0n) is 13.9. The van der Waals surface area contributed by atoms with Crippen LogP contribution in [0.1, 0.15) is 27.9 Å². The Morgan fingerprint density at radius 3 is 2.60 bits per heavy atom. The van der Waals surface area contributed by atoms with Gasteiger partial charge in [-0.05, 0) is 40.9 Å². The SMILES string of the molecule is N#Cc1ccccc1C(=O)N1CCCN(C(=O)Cc2ccsc2)CC1. The number of hydrogen-bond acceptors (Lipinski definition) is 4. The third-order valence-corrected chi connectivity index (χ3v) is 5.08. The molecule has 1 aliphatic heterocycles. The van der Waals surface area contributed by atoms with Gasteiger partial charge in [0.05, 0.1) is 23.6 Å². The zero-order chi connectivity index (χ0) is 17.6. The van der Waals surface area contributed by atoms with Crippen molar-refractivity contribution in [3.8, 4) is 6.07 Å². The number of nitriles is 1. The number of hydrogen-bond donors (Lipinski definition) is 0. The minimum Gasteiger partial charge on any atom is -0.341 e. The van der Waals surface area contributed by atoms with Gasteiger partial charge in [-0.3, -0.25) is 9.59 Å². The molecule has 0 aliphatic carbocycles. The summed E-state index contributed by atoms with van der Waals surface area (Å²) in [7, 11) is 0. The molecule has 1 saturated heterocycles. The molecule has 1 aromatic heterocycles. The van der Waals surface area contributed by atoms with Crippen molar-refractivity contribution in [2.45, 2.75) is 12.8 Å². The van der Waals surface area contributed by atoms with E-state index in [-0.39, 0.29) is 11.8 Å². The highest BCUT2D eigenvalue weighted by atomic mass is 32.1. The van der Waals surface area contributed by atoms with Crippen LogP contribution in [0.2, 0.25) is 0 Å². The highest BCUT2D eigenvalue weighted by Gasteiger charge is 2.24. The Balaban J connectivity index is 1.64. The largest absolute Gasteiger partial charge is 0.341 e. The Kier molecular flexibility index (Phi) is 5.46. The summed E-state index contributed by atoms with van der Waals surface area (Å²) < 4.78 is 0. The van der Waals surface area contributed by atoms with Crippen molar-refractivity contribution in [3.63, 3.8) is 0 Å². The van der Waals surface area contributed by atoms with Crippen molar-refractivity contribution in [3.05, 3.63) is 57.8 Å². The fraction of sp³-hybridized carbons (Fsp3) is 0.316. The third kappa shape index (κ3) is 4.06. The van der Waals surface area contributed by atoms with Crippen LogP contribution in [0.4, 0.5) is 0 Å². The maximum absolute atomic E-state index is 12.7. The molecule has 1 aliphatic rings. The summed E-state index contributed by atoms with van der Waals surface area (Å²) in [4.78, 5) is 28.8. The van der Waals surface area contributed by atoms with Crippen molar-refractivity contribution < 1.29 is 9.59 Å². The lowest BCUT2D eigenvalue weighted by molar-refractivity contribution is -0.130. The quantitative estimate of drug-likeness (QED) is 0.852. The van der Waals surface area contributed by atoms with Crippen LogP contribution in [-0.4, -0.2) is 47.8 Å². The molecule has 0 N–H and O–H groups in total. The van der Waals surface area contributed by atoms with Crippen molar-refractivity contribution in [1.29, 1.82) is 5.26 Å². The minimum absolute atomic E-state index is 0.102. The predicted molar refractivity (Wildman–Crippen MR) is 96.3 cm³/mol. The molecule has 2 aromatic rings. The summed E-state index contributed by atoms with van der Waals surface area (Å²) in [6.07, 6.45) is 1.16. The first kappa shape index (κ1) is 17.2. The molecular formula is C19H19N3O2S. The summed E-state index contributed by atoms with van der Waals surface area (Å²) in [5.74, 6) is -0.0330. The number of amides is 2. The van der Waals surface area contributed by atoms with Crippen molar-refractivity contribution in [2.24, 2.45) is 0 Å². The van der Waals surface area contributed by atoms with Gasteiger partial charge in [-0.25, -0.2) is 0 Å². The van der Waals surface area contributed by atoms with E-state index in [1.54, 1.807) is 40.5 Å². The van der Waals surface area contributed by atoms with Crippen molar-refractivity contribution >= 4 is 23.2 Å². The van der Waals surface area contributed by atoms with Crippen LogP contribution in [0.5, 0.6) is 0 Å². The second-order valence-corrected chi connectivity index (χ2v) is 6.77. The van der Waals surface area contributed by atoms with Crippen LogP contribution in [0.15, 0.2) is 41.1 Å². The Bertz CT molecular complexity index is 795. The summed E-state index contributed by atoms with van der Waals surface area (Å²) in [6, 6.07) is 10.9. The summed E-state index contributed by atoms with van der Waals surface area (Å²) in [5.41, 5.74) is 1.86. The van der Waals surface area contributed by atoms with Gasteiger partial charge < -0.3 is 9.80 Å². The molecule has 5 nitrogen and oxygen atoms in total. The van der Waals surface area contributed by atoms with E-state index >= 15 is 0 Å². The Morgan fingerprint density at radius 1 is 1.08 bits per heavy atom. The molecule has 2 heterocycles. The topological polar surface area (TPSA) is 64.4 Å². The number of thiophene rings is 1. The van der Waals surface area contributed by atoms with Gasteiger partial charge in [0.1, 0.15) is 0 Å². The number of rotatable bonds is 3. The van der Waals surface area contributed by atoms with E-state index in [1.165, 1.54) is 0 Å².